The number of aromatic nitrogens is 5. The maximum Gasteiger partial charge on any atom is 0.216 e. The van der Waals surface area contributed by atoms with Gasteiger partial charge in [-0.2, -0.15) is 0 Å². The smallest absolute Gasteiger partial charge is 0.201 e. The van der Waals surface area contributed by atoms with Gasteiger partial charge in [0.05, 0.1) is 0 Å². The molecule has 10 aromatic rings. The lowest BCUT2D eigenvalue weighted by Crippen LogP contribution is -2.37. The molecule has 5 aromatic heterocycles. The van der Waals surface area contributed by atoms with E-state index in [1.807, 2.05) is 74.2 Å². The Kier molecular flexibility index (Phi) is 14.7. The van der Waals surface area contributed by atoms with Crippen molar-refractivity contribution in [1.82, 2.24) is 0 Å². The van der Waals surface area contributed by atoms with Crippen LogP contribution in [0.5, 0.6) is 0 Å². The molecule has 0 spiro atoms. The predicted octanol–water partition coefficient (Wildman–Crippen LogP) is 16.9. The maximum absolute atomic E-state index is 8.65. The summed E-state index contributed by atoms with van der Waals surface area (Å²) in [6.45, 7) is 10.7. The zero-order valence-corrected chi connectivity index (χ0v) is 55.4. The van der Waals surface area contributed by atoms with E-state index in [0.29, 0.717) is 17.5 Å². The first-order valence-electron chi connectivity index (χ1n) is 37.2. The molecule has 10 aliphatic rings. The van der Waals surface area contributed by atoms with Gasteiger partial charge in [-0.05, 0) is 252 Å². The van der Waals surface area contributed by atoms with Gasteiger partial charge in [-0.3, -0.25) is 0 Å². The number of hydrogen-bond donors (Lipinski definition) is 0. The highest BCUT2D eigenvalue weighted by molar-refractivity contribution is 5.68. The van der Waals surface area contributed by atoms with Crippen LogP contribution in [0.3, 0.4) is 0 Å². The van der Waals surface area contributed by atoms with Gasteiger partial charge in [-0.15, -0.1) is 0 Å². The molecule has 2 unspecified atom stereocenters. The zero-order chi connectivity index (χ0) is 68.9. The molecule has 10 aliphatic carbocycles. The first-order chi connectivity index (χ1) is 46.8. The Labute approximate surface area is 553 Å². The average molecular weight is 1210 g/mol. The Bertz CT molecular complexity index is 4710. The van der Waals surface area contributed by atoms with Crippen LogP contribution in [0.2, 0.25) is 0 Å². The summed E-state index contributed by atoms with van der Waals surface area (Å²) in [6.07, 6.45) is 19.4. The fourth-order valence-corrected chi connectivity index (χ4v) is 16.4. The number of fused-ring (bicyclic) bond motifs is 7. The van der Waals surface area contributed by atoms with Crippen LogP contribution in [-0.4, -0.2) is 0 Å². The van der Waals surface area contributed by atoms with E-state index < -0.39 is 19.1 Å². The first-order valence-corrected chi connectivity index (χ1v) is 33.7. The standard InChI is InChI=1S/3C18H20N.2C16H18N/c2*1-12-5-3-4-6-16(12)18-10-17-14-7-13(8-14)9-15(17)11-19(18)2;1-12-5-3-4-6-15(12)18-10-16-13-7-8-14(9-13)17(16)11-19(18)2;1-12-6-3-4-9-15(12)16-10-13-7-5-8-14(13)11-17(16)2;1-12-6-3-4-8-14(12)16-15-9-5-7-13(15)10-11-17(16)2/h3*3-6,10-11,13-14H,7-9H2,1-2H3;3-4,6,9-11H,5,7-8H2,1-2H3;3-4,6,8,10-11H,5,7,9H2,1-2H3/q5*+1/i14D;;;7D2;7D2,9D2. The highest BCUT2D eigenvalue weighted by atomic mass is 14.9. The highest BCUT2D eigenvalue weighted by Gasteiger charge is 2.42. The maximum atomic E-state index is 8.65. The Balaban J connectivity index is 0.000000105. The van der Waals surface area contributed by atoms with Crippen molar-refractivity contribution in [3.05, 3.63) is 266 Å². The van der Waals surface area contributed by atoms with Gasteiger partial charge in [0, 0.05) is 95.6 Å². The number of hydrogen-bond acceptors (Lipinski definition) is 0. The van der Waals surface area contributed by atoms with Crippen LogP contribution in [0.4, 0.5) is 0 Å². The SMILES string of the molecule is Cc1ccccc1-c1cc2c(c[n+]1C)C1CCC2C1.Cc1ccccc1-c1cc2c(c[n+]1C)CC1CC2C1.[2H]C1([2H])CC([2H])([2H])c2c1cc[n+](C)c2-c1ccccc1C.[2H]C1([2H])CCc2c[n+](C)c(-c3ccccc3C)cc21.[2H]C12CC(Cc3c[n+](C)c(-c4ccccc4C)cc31)C2. The van der Waals surface area contributed by atoms with Crippen molar-refractivity contribution in [1.29, 1.82) is 0 Å². The van der Waals surface area contributed by atoms with Crippen LogP contribution in [0.15, 0.2) is 183 Å². The summed E-state index contributed by atoms with van der Waals surface area (Å²) in [7, 11) is 10.4. The van der Waals surface area contributed by atoms with Gasteiger partial charge in [0.2, 0.25) is 28.5 Å². The van der Waals surface area contributed by atoms with E-state index in [9.17, 15) is 0 Å². The molecule has 0 saturated heterocycles. The second kappa shape index (κ2) is 25.5. The second-order valence-corrected chi connectivity index (χ2v) is 27.7. The van der Waals surface area contributed by atoms with Crippen molar-refractivity contribution < 1.29 is 32.4 Å². The lowest BCUT2D eigenvalue weighted by molar-refractivity contribution is -0.661. The number of nitrogens with zero attached hydrogens (tertiary/aromatic N) is 5. The van der Waals surface area contributed by atoms with Gasteiger partial charge in [-0.1, -0.05) is 91.0 Å². The summed E-state index contributed by atoms with van der Waals surface area (Å²) < 4.78 is 68.6. The minimum Gasteiger partial charge on any atom is -0.201 e. The van der Waals surface area contributed by atoms with Gasteiger partial charge in [0.1, 0.15) is 35.2 Å². The third-order valence-corrected chi connectivity index (χ3v) is 21.6. The van der Waals surface area contributed by atoms with Crippen LogP contribution in [0.1, 0.15) is 174 Å². The van der Waals surface area contributed by atoms with E-state index in [2.05, 4.69) is 195 Å². The zero-order valence-electron chi connectivity index (χ0n) is 62.4. The van der Waals surface area contributed by atoms with Crippen molar-refractivity contribution in [2.75, 3.05) is 0 Å². The van der Waals surface area contributed by atoms with Gasteiger partial charge in [0.25, 0.3) is 0 Å². The topological polar surface area (TPSA) is 19.4 Å². The van der Waals surface area contributed by atoms with Crippen molar-refractivity contribution in [2.45, 2.75) is 154 Å². The van der Waals surface area contributed by atoms with Crippen molar-refractivity contribution >= 4 is 0 Å². The molecule has 3 fully saturated rings. The second-order valence-electron chi connectivity index (χ2n) is 27.7. The van der Waals surface area contributed by atoms with Gasteiger partial charge >= 0.3 is 0 Å². The Morgan fingerprint density at radius 1 is 0.363 bits per heavy atom. The molecule has 5 heterocycles. The van der Waals surface area contributed by atoms with E-state index in [-0.39, 0.29) is 12.3 Å². The first kappa shape index (κ1) is 52.5. The summed E-state index contributed by atoms with van der Waals surface area (Å²) in [5.41, 5.74) is 30.4. The third-order valence-electron chi connectivity index (χ3n) is 21.6. The molecule has 91 heavy (non-hydrogen) atoms. The molecule has 20 rings (SSSR count). The Morgan fingerprint density at radius 2 is 0.791 bits per heavy atom. The molecule has 5 heteroatoms. The molecular weight excluding hydrogens is 1100 g/mol. The molecule has 5 nitrogen and oxygen atoms in total. The fraction of sp³-hybridized carbons (Fsp3) is 0.360. The average Bonchev–Trinajstić information content (AvgIpc) is 1.01. The number of pyridine rings is 5. The van der Waals surface area contributed by atoms with Crippen LogP contribution in [0.25, 0.3) is 56.3 Å². The molecule has 3 saturated carbocycles. The largest absolute Gasteiger partial charge is 0.216 e. The summed E-state index contributed by atoms with van der Waals surface area (Å²) in [5, 5.41) is 0. The van der Waals surface area contributed by atoms with Crippen molar-refractivity contribution in [2.24, 2.45) is 47.1 Å². The van der Waals surface area contributed by atoms with Gasteiger partial charge in [-0.25, -0.2) is 22.8 Å². The normalized spacial score (nSPS) is 23.6. The summed E-state index contributed by atoms with van der Waals surface area (Å²) in [5.74, 6) is 3.95. The number of benzene rings is 5. The monoisotopic (exact) mass is 1210 g/mol. The summed E-state index contributed by atoms with van der Waals surface area (Å²) in [4.78, 5) is 0. The molecule has 2 atom stereocenters. The minimum atomic E-state index is -1.66. The van der Waals surface area contributed by atoms with Crippen LogP contribution in [-0.2, 0) is 73.6 Å². The van der Waals surface area contributed by atoms with E-state index in [1.165, 1.54) is 111 Å². The molecule has 5 aromatic carbocycles. The van der Waals surface area contributed by atoms with Crippen LogP contribution >= 0.6 is 0 Å². The van der Waals surface area contributed by atoms with Crippen molar-refractivity contribution in [3.63, 3.8) is 0 Å². The summed E-state index contributed by atoms with van der Waals surface area (Å²) in [6, 6.07) is 53.0. The Morgan fingerprint density at radius 3 is 1.33 bits per heavy atom. The molecule has 0 radical (unpaired) electrons. The van der Waals surface area contributed by atoms with E-state index in [4.69, 9.17) is 9.60 Å². The molecule has 460 valence electrons. The van der Waals surface area contributed by atoms with E-state index >= 15 is 0 Å². The molecule has 0 N–H and O–H groups in total. The van der Waals surface area contributed by atoms with Crippen LogP contribution < -0.4 is 22.8 Å². The fourth-order valence-electron chi connectivity index (χ4n) is 16.4. The van der Waals surface area contributed by atoms with Gasteiger partial charge < -0.3 is 0 Å². The predicted molar refractivity (Wildman–Crippen MR) is 371 cm³/mol. The van der Waals surface area contributed by atoms with E-state index in [1.54, 1.807) is 28.3 Å². The minimum absolute atomic E-state index is 0.127. The highest BCUT2D eigenvalue weighted by Crippen LogP contribution is 2.54. The van der Waals surface area contributed by atoms with E-state index in [0.717, 1.165) is 88.9 Å². The molecular formula is C86H96N5+5. The summed E-state index contributed by atoms with van der Waals surface area (Å²) >= 11 is 0. The van der Waals surface area contributed by atoms with Gasteiger partial charge in [0.15, 0.2) is 31.0 Å². The van der Waals surface area contributed by atoms with Crippen LogP contribution in [0, 0.1) is 46.5 Å². The number of rotatable bonds is 5. The Hall–Kier alpha value is -8.15. The third kappa shape index (κ3) is 12.0. The molecule has 0 aliphatic heterocycles. The lowest BCUT2D eigenvalue weighted by Gasteiger charge is -2.41. The quantitative estimate of drug-likeness (QED) is 0.153. The number of aryl methyl sites for hydroxylation is 13. The molecule has 6 bridgehead atoms. The van der Waals surface area contributed by atoms with Crippen molar-refractivity contribution in [3.8, 4) is 56.3 Å². The molecule has 0 amide bonds. The lowest BCUT2D eigenvalue weighted by atomic mass is 9.63.